The fourth-order valence-corrected chi connectivity index (χ4v) is 4.51. The van der Waals surface area contributed by atoms with Crippen LogP contribution in [-0.2, 0) is 12.3 Å². The van der Waals surface area contributed by atoms with Gasteiger partial charge in [0.15, 0.2) is 11.0 Å². The molecule has 0 saturated heterocycles. The highest BCUT2D eigenvalue weighted by atomic mass is 79.9. The predicted molar refractivity (Wildman–Crippen MR) is 134 cm³/mol. The van der Waals surface area contributed by atoms with Gasteiger partial charge in [-0.15, -0.1) is 10.2 Å². The summed E-state index contributed by atoms with van der Waals surface area (Å²) in [6.07, 6.45) is 0. The Morgan fingerprint density at radius 3 is 2.64 bits per heavy atom. The summed E-state index contributed by atoms with van der Waals surface area (Å²) in [5.74, 6) is 1.73. The summed E-state index contributed by atoms with van der Waals surface area (Å²) in [7, 11) is 1.57. The highest BCUT2D eigenvalue weighted by molar-refractivity contribution is 9.10. The fourth-order valence-electron chi connectivity index (χ4n) is 3.14. The molecule has 168 valence electrons. The zero-order valence-corrected chi connectivity index (χ0v) is 20.8. The van der Waals surface area contributed by atoms with Crippen LogP contribution in [0.15, 0.2) is 82.4 Å². The van der Waals surface area contributed by atoms with Gasteiger partial charge in [-0.1, -0.05) is 63.6 Å². The zero-order valence-electron chi connectivity index (χ0n) is 17.7. The molecule has 0 aliphatic carbocycles. The molecular formula is C24H20BrClN4O2S. The first-order valence-corrected chi connectivity index (χ1v) is 12.2. The number of thioether (sulfide) groups is 1. The minimum absolute atomic E-state index is 0.203. The molecule has 0 aliphatic heterocycles. The lowest BCUT2D eigenvalue weighted by molar-refractivity contribution is 0.0949. The Hall–Kier alpha value is -2.81. The van der Waals surface area contributed by atoms with Crippen LogP contribution in [0.5, 0.6) is 5.75 Å². The molecule has 0 spiro atoms. The lowest BCUT2D eigenvalue weighted by Crippen LogP contribution is -2.24. The lowest BCUT2D eigenvalue weighted by Gasteiger charge is -2.12. The van der Waals surface area contributed by atoms with Gasteiger partial charge in [0.1, 0.15) is 5.75 Å². The SMILES string of the molecule is COc1cccc(C(=O)NCc2nnc(SCc3ccc(Br)cc3)n2-c2cccc(Cl)c2)c1. The highest BCUT2D eigenvalue weighted by Gasteiger charge is 2.16. The number of amides is 1. The van der Waals surface area contributed by atoms with Crippen LogP contribution >= 0.6 is 39.3 Å². The minimum Gasteiger partial charge on any atom is -0.497 e. The van der Waals surface area contributed by atoms with Crippen LogP contribution < -0.4 is 10.1 Å². The van der Waals surface area contributed by atoms with Gasteiger partial charge in [0.25, 0.3) is 5.91 Å². The van der Waals surface area contributed by atoms with Crippen molar-refractivity contribution in [3.05, 3.63) is 99.2 Å². The number of nitrogens with zero attached hydrogens (tertiary/aromatic N) is 3. The first-order valence-electron chi connectivity index (χ1n) is 10.0. The van der Waals surface area contributed by atoms with Gasteiger partial charge in [0.2, 0.25) is 0 Å². The van der Waals surface area contributed by atoms with E-state index < -0.39 is 0 Å². The number of halogens is 2. The normalized spacial score (nSPS) is 10.8. The molecule has 1 amide bonds. The van der Waals surface area contributed by atoms with E-state index in [0.29, 0.717) is 27.3 Å². The first kappa shape index (κ1) is 23.4. The number of rotatable bonds is 8. The van der Waals surface area contributed by atoms with Gasteiger partial charge >= 0.3 is 0 Å². The van der Waals surface area contributed by atoms with E-state index in [1.54, 1.807) is 43.1 Å². The van der Waals surface area contributed by atoms with Gasteiger partial charge in [-0.3, -0.25) is 9.36 Å². The summed E-state index contributed by atoms with van der Waals surface area (Å²) in [4.78, 5) is 12.7. The second-order valence-corrected chi connectivity index (χ2v) is 9.34. The average molecular weight is 544 g/mol. The Kier molecular flexibility index (Phi) is 7.69. The molecular weight excluding hydrogens is 524 g/mol. The topological polar surface area (TPSA) is 69.0 Å². The second kappa shape index (κ2) is 10.9. The number of benzene rings is 3. The molecule has 1 N–H and O–H groups in total. The molecule has 6 nitrogen and oxygen atoms in total. The van der Waals surface area contributed by atoms with Crippen molar-refractivity contribution in [2.75, 3.05) is 7.11 Å². The van der Waals surface area contributed by atoms with Crippen molar-refractivity contribution in [1.29, 1.82) is 0 Å². The van der Waals surface area contributed by atoms with E-state index in [4.69, 9.17) is 16.3 Å². The van der Waals surface area contributed by atoms with Crippen LogP contribution in [0.1, 0.15) is 21.7 Å². The van der Waals surface area contributed by atoms with E-state index >= 15 is 0 Å². The molecule has 3 aromatic carbocycles. The molecule has 4 aromatic rings. The van der Waals surface area contributed by atoms with Gasteiger partial charge in [0, 0.05) is 20.8 Å². The van der Waals surface area contributed by atoms with Gasteiger partial charge < -0.3 is 10.1 Å². The van der Waals surface area contributed by atoms with Crippen molar-refractivity contribution in [2.24, 2.45) is 0 Å². The molecule has 0 saturated carbocycles. The maximum Gasteiger partial charge on any atom is 0.251 e. The average Bonchev–Trinajstić information content (AvgIpc) is 3.25. The Morgan fingerprint density at radius 2 is 1.88 bits per heavy atom. The molecule has 1 aromatic heterocycles. The van der Waals surface area contributed by atoms with Crippen molar-refractivity contribution in [2.45, 2.75) is 17.5 Å². The van der Waals surface area contributed by atoms with Crippen molar-refractivity contribution in [3.8, 4) is 11.4 Å². The Morgan fingerprint density at radius 1 is 1.09 bits per heavy atom. The molecule has 4 rings (SSSR count). The molecule has 9 heteroatoms. The Labute approximate surface area is 209 Å². The molecule has 0 unspecified atom stereocenters. The van der Waals surface area contributed by atoms with Crippen LogP contribution in [0.3, 0.4) is 0 Å². The monoisotopic (exact) mass is 542 g/mol. The quantitative estimate of drug-likeness (QED) is 0.280. The second-order valence-electron chi connectivity index (χ2n) is 7.04. The van der Waals surface area contributed by atoms with Crippen LogP contribution in [0.25, 0.3) is 5.69 Å². The molecule has 0 atom stereocenters. The van der Waals surface area contributed by atoms with E-state index in [9.17, 15) is 4.79 Å². The predicted octanol–water partition coefficient (Wildman–Crippen LogP) is 5.91. The van der Waals surface area contributed by atoms with E-state index in [2.05, 4.69) is 43.6 Å². The van der Waals surface area contributed by atoms with Crippen LogP contribution in [0, 0.1) is 0 Å². The third-order valence-electron chi connectivity index (χ3n) is 4.79. The number of aromatic nitrogens is 3. The number of carbonyl (C=O) groups is 1. The van der Waals surface area contributed by atoms with Crippen LogP contribution in [0.2, 0.25) is 5.02 Å². The molecule has 1 heterocycles. The van der Waals surface area contributed by atoms with Gasteiger partial charge in [0.05, 0.1) is 19.3 Å². The van der Waals surface area contributed by atoms with Crippen LogP contribution in [0.4, 0.5) is 0 Å². The highest BCUT2D eigenvalue weighted by Crippen LogP contribution is 2.27. The van der Waals surface area contributed by atoms with Crippen LogP contribution in [-0.4, -0.2) is 27.8 Å². The summed E-state index contributed by atoms with van der Waals surface area (Å²) in [6.45, 7) is 0.203. The first-order chi connectivity index (χ1) is 16.0. The van der Waals surface area contributed by atoms with E-state index in [1.807, 2.05) is 41.0 Å². The summed E-state index contributed by atoms with van der Waals surface area (Å²) in [5, 5.41) is 13.0. The molecule has 33 heavy (non-hydrogen) atoms. The molecule has 0 radical (unpaired) electrons. The number of methoxy groups -OCH3 is 1. The van der Waals surface area contributed by atoms with Gasteiger partial charge in [-0.2, -0.15) is 0 Å². The summed E-state index contributed by atoms with van der Waals surface area (Å²) < 4.78 is 8.16. The third kappa shape index (κ3) is 5.96. The Bertz CT molecular complexity index is 1260. The van der Waals surface area contributed by atoms with Gasteiger partial charge in [-0.25, -0.2) is 0 Å². The maximum atomic E-state index is 12.7. The molecule has 0 aliphatic rings. The number of hydrogen-bond donors (Lipinski definition) is 1. The summed E-state index contributed by atoms with van der Waals surface area (Å²) >= 11 is 11.3. The minimum atomic E-state index is -0.224. The smallest absolute Gasteiger partial charge is 0.251 e. The zero-order chi connectivity index (χ0) is 23.2. The number of ether oxygens (including phenoxy) is 1. The fraction of sp³-hybridized carbons (Fsp3) is 0.125. The summed E-state index contributed by atoms with van der Waals surface area (Å²) in [6, 6.07) is 22.6. The number of nitrogens with one attached hydrogen (secondary N) is 1. The Balaban J connectivity index is 1.56. The van der Waals surface area contributed by atoms with Crippen molar-refractivity contribution < 1.29 is 9.53 Å². The lowest BCUT2D eigenvalue weighted by atomic mass is 10.2. The van der Waals surface area contributed by atoms with Gasteiger partial charge in [-0.05, 0) is 54.1 Å². The standard InChI is InChI=1S/C24H20BrClN4O2S/c1-32-21-7-2-4-17(12-21)23(31)27-14-22-28-29-24(30(22)20-6-3-5-19(26)13-20)33-15-16-8-10-18(25)11-9-16/h2-13H,14-15H2,1H3,(H,27,31). The van der Waals surface area contributed by atoms with Crippen molar-refractivity contribution in [1.82, 2.24) is 20.1 Å². The van der Waals surface area contributed by atoms with E-state index in [0.717, 1.165) is 21.5 Å². The largest absolute Gasteiger partial charge is 0.497 e. The molecule has 0 fully saturated rings. The molecule has 0 bridgehead atoms. The maximum absolute atomic E-state index is 12.7. The number of carbonyl (C=O) groups excluding carboxylic acids is 1. The van der Waals surface area contributed by atoms with E-state index in [1.165, 1.54) is 0 Å². The number of hydrogen-bond acceptors (Lipinski definition) is 5. The third-order valence-corrected chi connectivity index (χ3v) is 6.55. The van der Waals surface area contributed by atoms with E-state index in [-0.39, 0.29) is 12.5 Å². The van der Waals surface area contributed by atoms with Crippen molar-refractivity contribution >= 4 is 45.2 Å². The van der Waals surface area contributed by atoms with Crippen molar-refractivity contribution in [3.63, 3.8) is 0 Å². The summed E-state index contributed by atoms with van der Waals surface area (Å²) in [5.41, 5.74) is 2.50.